The van der Waals surface area contributed by atoms with E-state index in [1.807, 2.05) is 33.7 Å². The summed E-state index contributed by atoms with van der Waals surface area (Å²) in [6.45, 7) is 3.53. The van der Waals surface area contributed by atoms with Crippen LogP contribution in [0.4, 0.5) is 27.6 Å². The van der Waals surface area contributed by atoms with Crippen molar-refractivity contribution in [3.8, 4) is 17.4 Å². The molecule has 14 heteroatoms. The molecular formula is C37H34F5N5O4. The lowest BCUT2D eigenvalue weighted by molar-refractivity contribution is 0.0619. The van der Waals surface area contributed by atoms with Gasteiger partial charge in [-0.1, -0.05) is 12.1 Å². The number of aryl methyl sites for hydroxylation is 1. The van der Waals surface area contributed by atoms with E-state index < -0.39 is 47.5 Å². The molecule has 2 amide bonds. The summed E-state index contributed by atoms with van der Waals surface area (Å²) in [7, 11) is 3.14. The van der Waals surface area contributed by atoms with Crippen molar-refractivity contribution in [2.45, 2.75) is 19.9 Å². The summed E-state index contributed by atoms with van der Waals surface area (Å²) in [5.74, 6) is -3.89. The summed E-state index contributed by atoms with van der Waals surface area (Å²) in [6, 6.07) is 17.9. The van der Waals surface area contributed by atoms with Gasteiger partial charge >= 0.3 is 0 Å². The van der Waals surface area contributed by atoms with Crippen LogP contribution in [0.15, 0.2) is 72.9 Å². The number of nitrogens with zero attached hydrogens (tertiary/aromatic N) is 5. The number of carbonyl (C=O) groups excluding carboxylic acids is 2. The van der Waals surface area contributed by atoms with Gasteiger partial charge in [0.1, 0.15) is 29.6 Å². The van der Waals surface area contributed by atoms with Crippen LogP contribution in [0.3, 0.4) is 0 Å². The van der Waals surface area contributed by atoms with E-state index in [1.165, 1.54) is 25.4 Å². The minimum absolute atomic E-state index is 0.0942. The zero-order chi connectivity index (χ0) is 36.4. The molecule has 5 aromatic rings. The van der Waals surface area contributed by atoms with Gasteiger partial charge in [0.15, 0.2) is 11.6 Å². The van der Waals surface area contributed by atoms with Gasteiger partial charge in [0, 0.05) is 69.9 Å². The number of benzene rings is 3. The number of ether oxygens (including phenoxy) is 2. The molecule has 0 spiro atoms. The van der Waals surface area contributed by atoms with Gasteiger partial charge in [-0.25, -0.2) is 26.9 Å². The normalized spacial score (nSPS) is 13.5. The maximum Gasteiger partial charge on any atom is 0.272 e. The molecule has 0 radical (unpaired) electrons. The van der Waals surface area contributed by atoms with Crippen molar-refractivity contribution >= 4 is 28.4 Å². The Morgan fingerprint density at radius 3 is 2.27 bits per heavy atom. The van der Waals surface area contributed by atoms with Gasteiger partial charge in [-0.05, 0) is 55.0 Å². The van der Waals surface area contributed by atoms with E-state index in [1.54, 1.807) is 31.3 Å². The highest BCUT2D eigenvalue weighted by molar-refractivity contribution is 6.06. The van der Waals surface area contributed by atoms with E-state index in [4.69, 9.17) is 9.47 Å². The van der Waals surface area contributed by atoms with Crippen LogP contribution >= 0.6 is 0 Å². The van der Waals surface area contributed by atoms with Gasteiger partial charge in [0.05, 0.1) is 23.0 Å². The highest BCUT2D eigenvalue weighted by atomic mass is 19.3. The summed E-state index contributed by atoms with van der Waals surface area (Å²) in [5.41, 5.74) is 1.29. The first kappa shape index (κ1) is 35.3. The van der Waals surface area contributed by atoms with Crippen molar-refractivity contribution in [2.75, 3.05) is 44.7 Å². The predicted octanol–water partition coefficient (Wildman–Crippen LogP) is 6.97. The third kappa shape index (κ3) is 7.65. The maximum absolute atomic E-state index is 14.4. The van der Waals surface area contributed by atoms with E-state index >= 15 is 0 Å². The zero-order valence-corrected chi connectivity index (χ0v) is 28.0. The molecule has 3 heterocycles. The lowest BCUT2D eigenvalue weighted by atomic mass is 10.1. The van der Waals surface area contributed by atoms with Crippen molar-refractivity contribution in [1.82, 2.24) is 19.4 Å². The number of alkyl halides is 2. The number of carbonyl (C=O) groups is 2. The second-order valence-electron chi connectivity index (χ2n) is 12.2. The molecule has 266 valence electrons. The lowest BCUT2D eigenvalue weighted by Gasteiger charge is -2.34. The Morgan fingerprint density at radius 1 is 0.902 bits per heavy atom. The Bertz CT molecular complexity index is 2060. The summed E-state index contributed by atoms with van der Waals surface area (Å²) < 4.78 is 80.0. The van der Waals surface area contributed by atoms with Gasteiger partial charge in [-0.2, -0.15) is 0 Å². The average Bonchev–Trinajstić information content (AvgIpc) is 3.46. The van der Waals surface area contributed by atoms with Crippen LogP contribution in [0, 0.1) is 24.4 Å². The topological polar surface area (TPSA) is 80.1 Å². The van der Waals surface area contributed by atoms with E-state index in [2.05, 4.69) is 9.88 Å². The fraction of sp³-hybridized carbons (Fsp3) is 0.270. The smallest absolute Gasteiger partial charge is 0.272 e. The average molecular weight is 708 g/mol. The quantitative estimate of drug-likeness (QED) is 0.115. The third-order valence-corrected chi connectivity index (χ3v) is 8.85. The lowest BCUT2D eigenvalue weighted by Crippen LogP contribution is -2.48. The number of pyridine rings is 1. The van der Waals surface area contributed by atoms with Gasteiger partial charge in [0.2, 0.25) is 5.88 Å². The number of halogens is 5. The first-order valence-electron chi connectivity index (χ1n) is 16.1. The van der Waals surface area contributed by atoms with Crippen LogP contribution in [0.25, 0.3) is 10.9 Å². The summed E-state index contributed by atoms with van der Waals surface area (Å²) in [5, 5.41) is 0.840. The molecule has 1 aliphatic heterocycles. The van der Waals surface area contributed by atoms with Crippen molar-refractivity contribution in [3.63, 3.8) is 0 Å². The summed E-state index contributed by atoms with van der Waals surface area (Å²) in [4.78, 5) is 35.7. The Balaban J connectivity index is 1.06. The number of aromatic nitrogens is 2. The molecule has 1 fully saturated rings. The second-order valence-corrected chi connectivity index (χ2v) is 12.2. The first-order chi connectivity index (χ1) is 24.4. The molecule has 0 bridgehead atoms. The van der Waals surface area contributed by atoms with Crippen LogP contribution in [0.5, 0.6) is 17.4 Å². The second kappa shape index (κ2) is 14.8. The maximum atomic E-state index is 14.4. The van der Waals surface area contributed by atoms with Crippen molar-refractivity contribution in [3.05, 3.63) is 113 Å². The molecule has 51 heavy (non-hydrogen) atoms. The number of fused-ring (bicyclic) bond motifs is 1. The van der Waals surface area contributed by atoms with Crippen molar-refractivity contribution < 1.29 is 41.0 Å². The standard InChI is InChI=1S/C37H34F5N5O4/c1-22-29(38)18-28(35(42)34(22)41)36(48)44(2)25-7-11-33(43-19-25)51-27-10-6-24-16-31(45(3)30(24)17-27)37(49)47-14-12-46(13-15-47)20-23-4-8-26(9-5-23)50-21-32(39)40/h4-11,16-19,32H,12-15,20-21H2,1-3H3. The number of hydrogen-bond donors (Lipinski definition) is 0. The van der Waals surface area contributed by atoms with Crippen LogP contribution < -0.4 is 14.4 Å². The molecule has 9 nitrogen and oxygen atoms in total. The van der Waals surface area contributed by atoms with E-state index in [-0.39, 0.29) is 17.5 Å². The summed E-state index contributed by atoms with van der Waals surface area (Å²) in [6.07, 6.45) is -1.21. The predicted molar refractivity (Wildman–Crippen MR) is 180 cm³/mol. The number of anilines is 1. The molecule has 0 saturated carbocycles. The van der Waals surface area contributed by atoms with E-state index in [0.717, 1.165) is 28.3 Å². The van der Waals surface area contributed by atoms with Crippen LogP contribution in [0.1, 0.15) is 32.0 Å². The fourth-order valence-electron chi connectivity index (χ4n) is 5.85. The molecule has 2 aromatic heterocycles. The minimum atomic E-state index is -2.53. The molecule has 6 rings (SSSR count). The zero-order valence-electron chi connectivity index (χ0n) is 28.0. The molecule has 3 aromatic carbocycles. The minimum Gasteiger partial charge on any atom is -0.488 e. The van der Waals surface area contributed by atoms with Gasteiger partial charge in [0.25, 0.3) is 18.2 Å². The van der Waals surface area contributed by atoms with Gasteiger partial charge in [-0.3, -0.25) is 14.5 Å². The highest BCUT2D eigenvalue weighted by Crippen LogP contribution is 2.29. The van der Waals surface area contributed by atoms with Crippen molar-refractivity contribution in [1.29, 1.82) is 0 Å². The number of hydrogen-bond acceptors (Lipinski definition) is 6. The van der Waals surface area contributed by atoms with Crippen LogP contribution in [-0.4, -0.2) is 77.4 Å². The molecule has 1 saturated heterocycles. The van der Waals surface area contributed by atoms with E-state index in [9.17, 15) is 31.5 Å². The Kier molecular flexibility index (Phi) is 10.2. The molecule has 0 N–H and O–H groups in total. The van der Waals surface area contributed by atoms with Crippen molar-refractivity contribution in [2.24, 2.45) is 7.05 Å². The first-order valence-corrected chi connectivity index (χ1v) is 16.1. The summed E-state index contributed by atoms with van der Waals surface area (Å²) >= 11 is 0. The van der Waals surface area contributed by atoms with Crippen LogP contribution in [-0.2, 0) is 13.6 Å². The largest absolute Gasteiger partial charge is 0.488 e. The third-order valence-electron chi connectivity index (χ3n) is 8.85. The number of rotatable bonds is 10. The van der Waals surface area contributed by atoms with Crippen LogP contribution in [0.2, 0.25) is 0 Å². The number of piperazine rings is 1. The monoisotopic (exact) mass is 707 g/mol. The van der Waals surface area contributed by atoms with Gasteiger partial charge < -0.3 is 23.8 Å². The molecule has 0 unspecified atom stereocenters. The molecular weight excluding hydrogens is 673 g/mol. The Labute approximate surface area is 290 Å². The SMILES string of the molecule is Cc1c(F)cc(C(=O)N(C)c2ccc(Oc3ccc4cc(C(=O)N5CCN(Cc6ccc(OCC(F)F)cc6)CC5)n(C)c4c3)nc2)c(F)c1F. The molecule has 1 aliphatic rings. The van der Waals surface area contributed by atoms with E-state index in [0.29, 0.717) is 56.0 Å². The Hall–Kier alpha value is -5.50. The Morgan fingerprint density at radius 2 is 1.61 bits per heavy atom. The molecule has 0 aliphatic carbocycles. The highest BCUT2D eigenvalue weighted by Gasteiger charge is 2.26. The van der Waals surface area contributed by atoms with Gasteiger partial charge in [-0.15, -0.1) is 0 Å². The number of amides is 2. The fourth-order valence-corrected chi connectivity index (χ4v) is 5.85. The molecule has 0 atom stereocenters.